The average molecular weight is 784 g/mol. The highest BCUT2D eigenvalue weighted by Crippen LogP contribution is 2.41. The van der Waals surface area contributed by atoms with Crippen molar-refractivity contribution in [2.75, 3.05) is 13.2 Å². The standard InChI is InChI=1S/C53H53NO5/c54-49(40-55-36-42-22-8-1-9-23-42)51(57-38-44-26-12-3-13-27-44)52(58-39-45-28-14-4-15-29-45)50(56-37-43-24-10-2-11-25-43)41-59-53(46-30-16-5-17-31-46,47-32-18-6-19-33-47)48-34-20-7-21-35-48/h1-35,49-52H,36-41,54H2/t49-,50-,51+,52+/m0/s1. The topological polar surface area (TPSA) is 72.2 Å². The minimum Gasteiger partial charge on any atom is -0.375 e. The number of benzene rings is 7. The van der Waals surface area contributed by atoms with Gasteiger partial charge in [-0.15, -0.1) is 0 Å². The molecule has 0 aromatic heterocycles. The Morgan fingerprint density at radius 1 is 0.356 bits per heavy atom. The Morgan fingerprint density at radius 2 is 0.678 bits per heavy atom. The van der Waals surface area contributed by atoms with E-state index in [-0.39, 0.29) is 13.2 Å². The third kappa shape index (κ3) is 11.5. The van der Waals surface area contributed by atoms with Gasteiger partial charge in [-0.2, -0.15) is 0 Å². The van der Waals surface area contributed by atoms with Crippen LogP contribution in [0, 0.1) is 0 Å². The summed E-state index contributed by atoms with van der Waals surface area (Å²) in [5.74, 6) is 0. The van der Waals surface area contributed by atoms with Crippen molar-refractivity contribution in [3.05, 3.63) is 251 Å². The van der Waals surface area contributed by atoms with E-state index in [1.807, 2.05) is 103 Å². The molecule has 0 aliphatic heterocycles. The molecule has 0 amide bonds. The van der Waals surface area contributed by atoms with Crippen molar-refractivity contribution in [1.29, 1.82) is 0 Å². The van der Waals surface area contributed by atoms with E-state index < -0.39 is 30.0 Å². The van der Waals surface area contributed by atoms with Gasteiger partial charge in [0, 0.05) is 0 Å². The molecule has 7 aromatic rings. The van der Waals surface area contributed by atoms with Crippen molar-refractivity contribution < 1.29 is 23.7 Å². The summed E-state index contributed by atoms with van der Waals surface area (Å²) in [6.07, 6.45) is -2.02. The molecule has 2 N–H and O–H groups in total. The molecular formula is C53H53NO5. The molecule has 0 saturated carbocycles. The van der Waals surface area contributed by atoms with Crippen molar-refractivity contribution in [2.24, 2.45) is 5.73 Å². The first-order valence-electron chi connectivity index (χ1n) is 20.3. The molecule has 7 aromatic carbocycles. The molecule has 4 atom stereocenters. The van der Waals surface area contributed by atoms with Gasteiger partial charge in [0.05, 0.1) is 45.7 Å². The summed E-state index contributed by atoms with van der Waals surface area (Å²) in [5, 5.41) is 0. The summed E-state index contributed by atoms with van der Waals surface area (Å²) in [6, 6.07) is 71.1. The van der Waals surface area contributed by atoms with E-state index in [2.05, 4.69) is 109 Å². The van der Waals surface area contributed by atoms with E-state index in [4.69, 9.17) is 29.4 Å². The van der Waals surface area contributed by atoms with Crippen molar-refractivity contribution in [1.82, 2.24) is 0 Å². The van der Waals surface area contributed by atoms with Gasteiger partial charge in [0.1, 0.15) is 23.9 Å². The van der Waals surface area contributed by atoms with Crippen LogP contribution in [0.3, 0.4) is 0 Å². The maximum atomic E-state index is 7.47. The van der Waals surface area contributed by atoms with Gasteiger partial charge in [-0.3, -0.25) is 0 Å². The summed E-state index contributed by atoms with van der Waals surface area (Å²) in [5.41, 5.74) is 13.3. The second kappa shape index (κ2) is 21.9. The van der Waals surface area contributed by atoms with E-state index in [0.717, 1.165) is 38.9 Å². The zero-order valence-corrected chi connectivity index (χ0v) is 33.4. The lowest BCUT2D eigenvalue weighted by molar-refractivity contribution is -0.183. The van der Waals surface area contributed by atoms with Crippen molar-refractivity contribution in [3.63, 3.8) is 0 Å². The zero-order chi connectivity index (χ0) is 40.4. The fraction of sp³-hybridized carbons (Fsp3) is 0.208. The fourth-order valence-electron chi connectivity index (χ4n) is 7.38. The first kappa shape index (κ1) is 41.5. The van der Waals surface area contributed by atoms with Gasteiger partial charge in [-0.05, 0) is 38.9 Å². The van der Waals surface area contributed by atoms with Gasteiger partial charge >= 0.3 is 0 Å². The Labute approximate surface area is 349 Å². The van der Waals surface area contributed by atoms with Crippen LogP contribution >= 0.6 is 0 Å². The van der Waals surface area contributed by atoms with Crippen LogP contribution in [0.2, 0.25) is 0 Å². The van der Waals surface area contributed by atoms with Gasteiger partial charge in [0.25, 0.3) is 0 Å². The summed E-state index contributed by atoms with van der Waals surface area (Å²) in [7, 11) is 0. The molecule has 0 aliphatic carbocycles. The van der Waals surface area contributed by atoms with E-state index in [1.54, 1.807) is 0 Å². The monoisotopic (exact) mass is 783 g/mol. The molecule has 6 nitrogen and oxygen atoms in total. The number of rotatable bonds is 22. The average Bonchev–Trinajstić information content (AvgIpc) is 3.31. The second-order valence-electron chi connectivity index (χ2n) is 14.6. The number of nitrogens with two attached hydrogens (primary N) is 1. The van der Waals surface area contributed by atoms with Crippen LogP contribution in [0.25, 0.3) is 0 Å². The first-order valence-corrected chi connectivity index (χ1v) is 20.3. The van der Waals surface area contributed by atoms with Crippen LogP contribution in [0.4, 0.5) is 0 Å². The van der Waals surface area contributed by atoms with Crippen molar-refractivity contribution >= 4 is 0 Å². The summed E-state index contributed by atoms with van der Waals surface area (Å²) >= 11 is 0. The smallest absolute Gasteiger partial charge is 0.143 e. The van der Waals surface area contributed by atoms with Crippen LogP contribution in [0.1, 0.15) is 38.9 Å². The zero-order valence-electron chi connectivity index (χ0n) is 33.4. The molecule has 0 saturated heterocycles. The SMILES string of the molecule is N[C@@H](COCc1ccccc1)[C@@H](OCc1ccccc1)[C@H](OCc1ccccc1)[C@H](COC(c1ccccc1)(c1ccccc1)c1ccccc1)OCc1ccccc1. The minimum absolute atomic E-state index is 0.133. The van der Waals surface area contributed by atoms with Crippen LogP contribution in [-0.4, -0.2) is 37.6 Å². The predicted molar refractivity (Wildman–Crippen MR) is 234 cm³/mol. The predicted octanol–water partition coefficient (Wildman–Crippen LogP) is 10.3. The van der Waals surface area contributed by atoms with Crippen molar-refractivity contribution in [3.8, 4) is 0 Å². The van der Waals surface area contributed by atoms with E-state index in [1.165, 1.54) is 0 Å². The molecular weight excluding hydrogens is 731 g/mol. The highest BCUT2D eigenvalue weighted by atomic mass is 16.6. The maximum absolute atomic E-state index is 7.47. The highest BCUT2D eigenvalue weighted by Gasteiger charge is 2.42. The Kier molecular flexibility index (Phi) is 15.4. The van der Waals surface area contributed by atoms with E-state index in [9.17, 15) is 0 Å². The Morgan fingerprint density at radius 3 is 1.07 bits per heavy atom. The molecule has 300 valence electrons. The quantitative estimate of drug-likeness (QED) is 0.0691. The lowest BCUT2D eigenvalue weighted by atomic mass is 9.80. The van der Waals surface area contributed by atoms with E-state index >= 15 is 0 Å². The van der Waals surface area contributed by atoms with Gasteiger partial charge in [0.15, 0.2) is 0 Å². The summed E-state index contributed by atoms with van der Waals surface area (Å²) < 4.78 is 34.7. The lowest BCUT2D eigenvalue weighted by Crippen LogP contribution is -2.55. The second-order valence-corrected chi connectivity index (χ2v) is 14.6. The largest absolute Gasteiger partial charge is 0.375 e. The van der Waals surface area contributed by atoms with Crippen LogP contribution < -0.4 is 5.73 Å². The molecule has 0 fully saturated rings. The molecule has 0 aliphatic rings. The van der Waals surface area contributed by atoms with Gasteiger partial charge < -0.3 is 29.4 Å². The fourth-order valence-corrected chi connectivity index (χ4v) is 7.38. The molecule has 0 heterocycles. The Hall–Kier alpha value is -5.70. The molecule has 0 spiro atoms. The minimum atomic E-state index is -0.997. The lowest BCUT2D eigenvalue weighted by Gasteiger charge is -2.40. The first-order chi connectivity index (χ1) is 29.2. The third-order valence-corrected chi connectivity index (χ3v) is 10.4. The Bertz CT molecular complexity index is 2080. The molecule has 59 heavy (non-hydrogen) atoms. The van der Waals surface area contributed by atoms with Gasteiger partial charge in [0.2, 0.25) is 0 Å². The Balaban J connectivity index is 1.29. The molecule has 7 rings (SSSR count). The summed E-state index contributed by atoms with van der Waals surface area (Å²) in [4.78, 5) is 0. The molecule has 6 heteroatoms. The molecule has 0 radical (unpaired) electrons. The van der Waals surface area contributed by atoms with Crippen LogP contribution in [0.15, 0.2) is 212 Å². The van der Waals surface area contributed by atoms with E-state index in [0.29, 0.717) is 26.4 Å². The van der Waals surface area contributed by atoms with Crippen LogP contribution in [-0.2, 0) is 55.7 Å². The molecule has 0 unspecified atom stereocenters. The van der Waals surface area contributed by atoms with Crippen LogP contribution in [0.5, 0.6) is 0 Å². The highest BCUT2D eigenvalue weighted by molar-refractivity contribution is 5.47. The van der Waals surface area contributed by atoms with Gasteiger partial charge in [-0.1, -0.05) is 212 Å². The van der Waals surface area contributed by atoms with Crippen molar-refractivity contribution in [2.45, 2.75) is 56.4 Å². The number of hydrogen-bond donors (Lipinski definition) is 1. The number of ether oxygens (including phenoxy) is 5. The third-order valence-electron chi connectivity index (χ3n) is 10.4. The molecule has 0 bridgehead atoms. The normalized spacial score (nSPS) is 13.6. The number of hydrogen-bond acceptors (Lipinski definition) is 6. The van der Waals surface area contributed by atoms with Gasteiger partial charge in [-0.25, -0.2) is 0 Å². The maximum Gasteiger partial charge on any atom is 0.143 e. The summed E-state index contributed by atoms with van der Waals surface area (Å²) in [6.45, 7) is 1.72.